The number of rotatable bonds is 5. The van der Waals surface area contributed by atoms with Gasteiger partial charge in [0.1, 0.15) is 11.2 Å². The smallest absolute Gasteiger partial charge is 0.143 e. The minimum Gasteiger partial charge on any atom is -0.455 e. The predicted octanol–water partition coefficient (Wildman–Crippen LogP) is 14.2. The maximum absolute atomic E-state index is 6.72. The SMILES string of the molecule is CC1(C)c2ccccc2-c2c(N(c3ccc(-c4cccc5c4oc4c6ccccc6ccc54)cc3)c3ccc(C4CCCCC4)cc3)cccc21. The van der Waals surface area contributed by atoms with E-state index in [1.165, 1.54) is 76.7 Å². The minimum atomic E-state index is -0.0705. The lowest BCUT2D eigenvalue weighted by Gasteiger charge is -2.29. The Balaban J connectivity index is 1.11. The van der Waals surface area contributed by atoms with Gasteiger partial charge in [0.15, 0.2) is 0 Å². The van der Waals surface area contributed by atoms with Gasteiger partial charge in [0.25, 0.3) is 0 Å². The summed E-state index contributed by atoms with van der Waals surface area (Å²) in [7, 11) is 0. The third-order valence-corrected chi connectivity index (χ3v) is 11.9. The summed E-state index contributed by atoms with van der Waals surface area (Å²) in [6.07, 6.45) is 6.66. The molecule has 1 saturated carbocycles. The zero-order valence-corrected chi connectivity index (χ0v) is 29.3. The van der Waals surface area contributed by atoms with Crippen LogP contribution in [-0.4, -0.2) is 0 Å². The van der Waals surface area contributed by atoms with Crippen molar-refractivity contribution in [2.24, 2.45) is 0 Å². The van der Waals surface area contributed by atoms with Crippen LogP contribution in [0.15, 0.2) is 150 Å². The molecule has 0 spiro atoms. The molecule has 7 aromatic carbocycles. The second-order valence-electron chi connectivity index (χ2n) is 15.1. The maximum Gasteiger partial charge on any atom is 0.143 e. The highest BCUT2D eigenvalue weighted by Gasteiger charge is 2.37. The first-order valence-electron chi connectivity index (χ1n) is 18.6. The van der Waals surface area contributed by atoms with Gasteiger partial charge in [-0.1, -0.05) is 142 Å². The van der Waals surface area contributed by atoms with Gasteiger partial charge in [-0.15, -0.1) is 0 Å². The van der Waals surface area contributed by atoms with E-state index in [9.17, 15) is 0 Å². The van der Waals surface area contributed by atoms with Crippen LogP contribution in [0.25, 0.3) is 55.0 Å². The predicted molar refractivity (Wildman–Crippen MR) is 215 cm³/mol. The van der Waals surface area contributed by atoms with Crippen LogP contribution < -0.4 is 4.90 Å². The molecule has 2 aliphatic carbocycles. The van der Waals surface area contributed by atoms with Crippen molar-refractivity contribution in [2.75, 3.05) is 4.90 Å². The van der Waals surface area contributed by atoms with E-state index in [2.05, 4.69) is 164 Å². The van der Waals surface area contributed by atoms with Crippen molar-refractivity contribution in [3.05, 3.63) is 162 Å². The van der Waals surface area contributed by atoms with Crippen molar-refractivity contribution >= 4 is 49.8 Å². The molecule has 51 heavy (non-hydrogen) atoms. The monoisotopic (exact) mass is 659 g/mol. The third kappa shape index (κ3) is 4.77. The summed E-state index contributed by atoms with van der Waals surface area (Å²) in [5.74, 6) is 0.674. The highest BCUT2D eigenvalue weighted by molar-refractivity contribution is 6.17. The Hall–Kier alpha value is -5.60. The first-order valence-corrected chi connectivity index (χ1v) is 18.6. The van der Waals surface area contributed by atoms with Gasteiger partial charge in [0, 0.05) is 44.1 Å². The largest absolute Gasteiger partial charge is 0.455 e. The molecule has 0 bridgehead atoms. The van der Waals surface area contributed by atoms with E-state index in [-0.39, 0.29) is 5.41 Å². The van der Waals surface area contributed by atoms with E-state index < -0.39 is 0 Å². The van der Waals surface area contributed by atoms with Crippen molar-refractivity contribution in [3.8, 4) is 22.3 Å². The van der Waals surface area contributed by atoms with Crippen LogP contribution >= 0.6 is 0 Å². The number of furan rings is 1. The van der Waals surface area contributed by atoms with Gasteiger partial charge in [-0.05, 0) is 88.4 Å². The average Bonchev–Trinajstić information content (AvgIpc) is 3.69. The van der Waals surface area contributed by atoms with Crippen LogP contribution in [0.4, 0.5) is 17.1 Å². The molecule has 0 N–H and O–H groups in total. The van der Waals surface area contributed by atoms with Crippen LogP contribution in [0.3, 0.4) is 0 Å². The topological polar surface area (TPSA) is 16.4 Å². The van der Waals surface area contributed by atoms with E-state index in [1.54, 1.807) is 0 Å². The number of hydrogen-bond acceptors (Lipinski definition) is 2. The molecule has 0 amide bonds. The number of anilines is 3. The average molecular weight is 660 g/mol. The second kappa shape index (κ2) is 11.7. The summed E-state index contributed by atoms with van der Waals surface area (Å²) in [4.78, 5) is 2.47. The number of benzene rings is 7. The Kier molecular flexibility index (Phi) is 6.96. The molecule has 8 aromatic rings. The number of nitrogens with zero attached hydrogens (tertiary/aromatic N) is 1. The van der Waals surface area contributed by atoms with Crippen LogP contribution in [-0.2, 0) is 5.41 Å². The second-order valence-corrected chi connectivity index (χ2v) is 15.1. The van der Waals surface area contributed by atoms with Crippen LogP contribution in [0.1, 0.15) is 68.6 Å². The van der Waals surface area contributed by atoms with Crippen molar-refractivity contribution in [1.82, 2.24) is 0 Å². The van der Waals surface area contributed by atoms with Gasteiger partial charge in [-0.25, -0.2) is 0 Å². The molecule has 0 saturated heterocycles. The molecule has 248 valence electrons. The highest BCUT2D eigenvalue weighted by atomic mass is 16.3. The molecule has 2 nitrogen and oxygen atoms in total. The van der Waals surface area contributed by atoms with Crippen LogP contribution in [0.2, 0.25) is 0 Å². The van der Waals surface area contributed by atoms with E-state index in [1.807, 2.05) is 0 Å². The lowest BCUT2D eigenvalue weighted by molar-refractivity contribution is 0.443. The van der Waals surface area contributed by atoms with E-state index >= 15 is 0 Å². The van der Waals surface area contributed by atoms with Gasteiger partial charge in [0.05, 0.1) is 5.69 Å². The van der Waals surface area contributed by atoms with E-state index in [4.69, 9.17) is 4.42 Å². The molecule has 1 heterocycles. The molecule has 1 aromatic heterocycles. The summed E-state index contributed by atoms with van der Waals surface area (Å²) < 4.78 is 6.72. The summed E-state index contributed by atoms with van der Waals surface area (Å²) in [6, 6.07) is 53.8. The molecular weight excluding hydrogens is 619 g/mol. The van der Waals surface area contributed by atoms with Gasteiger partial charge < -0.3 is 9.32 Å². The summed E-state index contributed by atoms with van der Waals surface area (Å²) >= 11 is 0. The van der Waals surface area contributed by atoms with E-state index in [0.29, 0.717) is 5.92 Å². The van der Waals surface area contributed by atoms with Crippen molar-refractivity contribution in [3.63, 3.8) is 0 Å². The Morgan fingerprint density at radius 1 is 0.529 bits per heavy atom. The van der Waals surface area contributed by atoms with Crippen LogP contribution in [0, 0.1) is 0 Å². The molecule has 1 fully saturated rings. The van der Waals surface area contributed by atoms with Gasteiger partial charge in [0.2, 0.25) is 0 Å². The lowest BCUT2D eigenvalue weighted by Crippen LogP contribution is -2.16. The fourth-order valence-corrected chi connectivity index (χ4v) is 9.22. The number of fused-ring (bicyclic) bond motifs is 8. The first kappa shape index (κ1) is 30.2. The zero-order chi connectivity index (χ0) is 34.1. The quantitative estimate of drug-likeness (QED) is 0.183. The van der Waals surface area contributed by atoms with Crippen LogP contribution in [0.5, 0.6) is 0 Å². The minimum absolute atomic E-state index is 0.0705. The standard InChI is InChI=1S/C49H41NO/c1-49(2)43-19-9-8-16-42(43)46-44(49)20-11-21-45(46)50(36-27-22-33(23-28-36)32-12-4-3-5-13-32)37-29-24-35(25-30-37)39-17-10-18-40-41-31-26-34-14-6-7-15-38(34)48(41)51-47(39)40/h6-11,14-32H,3-5,12-13H2,1-2H3. The fourth-order valence-electron chi connectivity index (χ4n) is 9.22. The van der Waals surface area contributed by atoms with E-state index in [0.717, 1.165) is 44.1 Å². The zero-order valence-electron chi connectivity index (χ0n) is 29.3. The summed E-state index contributed by atoms with van der Waals surface area (Å²) in [6.45, 7) is 4.72. The van der Waals surface area contributed by atoms with Crippen molar-refractivity contribution in [2.45, 2.75) is 57.3 Å². The number of hydrogen-bond donors (Lipinski definition) is 0. The molecule has 10 rings (SSSR count). The highest BCUT2D eigenvalue weighted by Crippen LogP contribution is 2.54. The van der Waals surface area contributed by atoms with Crippen molar-refractivity contribution < 1.29 is 4.42 Å². The Labute approximate surface area is 300 Å². The third-order valence-electron chi connectivity index (χ3n) is 11.9. The molecule has 0 atom stereocenters. The molecule has 0 radical (unpaired) electrons. The first-order chi connectivity index (χ1) is 25.1. The molecule has 2 aliphatic rings. The normalized spacial score (nSPS) is 15.3. The molecular formula is C49H41NO. The fraction of sp³-hybridized carbons (Fsp3) is 0.184. The summed E-state index contributed by atoms with van der Waals surface area (Å²) in [5, 5.41) is 4.65. The maximum atomic E-state index is 6.72. The number of para-hydroxylation sites is 1. The van der Waals surface area contributed by atoms with Gasteiger partial charge in [-0.2, -0.15) is 0 Å². The lowest BCUT2D eigenvalue weighted by atomic mass is 9.82. The van der Waals surface area contributed by atoms with Gasteiger partial charge in [-0.3, -0.25) is 0 Å². The Morgan fingerprint density at radius 3 is 2.00 bits per heavy atom. The molecule has 0 unspecified atom stereocenters. The Morgan fingerprint density at radius 2 is 1.18 bits per heavy atom. The summed E-state index contributed by atoms with van der Waals surface area (Å²) in [5.41, 5.74) is 14.5. The van der Waals surface area contributed by atoms with Gasteiger partial charge >= 0.3 is 0 Å². The van der Waals surface area contributed by atoms with Crippen molar-refractivity contribution in [1.29, 1.82) is 0 Å². The Bertz CT molecular complexity index is 2580. The molecule has 2 heteroatoms. The molecule has 0 aliphatic heterocycles.